The van der Waals surface area contributed by atoms with Crippen molar-refractivity contribution < 1.29 is 9.53 Å². The van der Waals surface area contributed by atoms with Crippen LogP contribution < -0.4 is 19.7 Å². The van der Waals surface area contributed by atoms with E-state index in [-0.39, 0.29) is 18.7 Å². The summed E-state index contributed by atoms with van der Waals surface area (Å²) in [5.41, 5.74) is 10.4. The van der Waals surface area contributed by atoms with Gasteiger partial charge in [0.05, 0.1) is 11.1 Å². The largest absolute Gasteiger partial charge is 0.465 e. The lowest BCUT2D eigenvalue weighted by Crippen LogP contribution is -2.34. The van der Waals surface area contributed by atoms with Crippen molar-refractivity contribution in [1.82, 2.24) is 4.57 Å². The number of ether oxygens (including phenoxy) is 1. The lowest BCUT2D eigenvalue weighted by atomic mass is 9.95. The van der Waals surface area contributed by atoms with Crippen molar-refractivity contribution in [3.63, 3.8) is 0 Å². The van der Waals surface area contributed by atoms with Crippen LogP contribution in [0.15, 0.2) is 149 Å². The van der Waals surface area contributed by atoms with Crippen molar-refractivity contribution in [2.45, 2.75) is 56.5 Å². The Morgan fingerprint density at radius 2 is 1.55 bits per heavy atom. The molecule has 280 valence electrons. The second-order valence-electron chi connectivity index (χ2n) is 14.3. The van der Waals surface area contributed by atoms with Gasteiger partial charge in [-0.1, -0.05) is 122 Å². The smallest absolute Gasteiger partial charge is 0.326 e. The van der Waals surface area contributed by atoms with Crippen LogP contribution in [0.25, 0.3) is 23.8 Å². The first-order valence-corrected chi connectivity index (χ1v) is 20.9. The standard InChI is InChI=1S/C49H44N2O3S2/c1-4-54-48(52)32-50-47(28-34(3)55-45-21-12-11-14-33(45)2)56-46(49(50)53)31-36-24-27-44-42(30-36)40-19-13-20-43(40)51(44)39-25-22-35(23-26-39)29-41(37-15-7-5-8-16-37)38-17-9-6-10-18-38/h5-12,14-18,21-31,40,43H,3-4,13,19-20,32H2,1-2H3/b46-31+,47-28-. The Balaban J connectivity index is 1.11. The molecule has 8 rings (SSSR count). The summed E-state index contributed by atoms with van der Waals surface area (Å²) in [6, 6.07) is 45.2. The average molecular weight is 773 g/mol. The molecule has 1 aliphatic heterocycles. The number of hydrogen-bond donors (Lipinski definition) is 0. The van der Waals surface area contributed by atoms with Gasteiger partial charge in [0.2, 0.25) is 0 Å². The van der Waals surface area contributed by atoms with E-state index >= 15 is 0 Å². The number of aromatic nitrogens is 1. The van der Waals surface area contributed by atoms with E-state index < -0.39 is 5.97 Å². The number of carbonyl (C=O) groups excluding carboxylic acids is 1. The number of nitrogens with zero attached hydrogens (tertiary/aromatic N) is 2. The lowest BCUT2D eigenvalue weighted by molar-refractivity contribution is -0.143. The van der Waals surface area contributed by atoms with E-state index in [1.54, 1.807) is 18.7 Å². The first kappa shape index (κ1) is 37.3. The molecule has 5 aromatic carbocycles. The number of thioether (sulfide) groups is 1. The highest BCUT2D eigenvalue weighted by atomic mass is 32.2. The molecule has 1 saturated carbocycles. The number of benzene rings is 5. The van der Waals surface area contributed by atoms with Crippen LogP contribution in [0, 0.1) is 6.92 Å². The second kappa shape index (κ2) is 16.6. The minimum absolute atomic E-state index is 0.150. The third-order valence-corrected chi connectivity index (χ3v) is 12.7. The zero-order valence-electron chi connectivity index (χ0n) is 31.7. The molecular formula is C49H44N2O3S2. The molecule has 1 aliphatic carbocycles. The number of allylic oxidation sites excluding steroid dienone is 1. The molecule has 0 amide bonds. The summed E-state index contributed by atoms with van der Waals surface area (Å²) in [5, 5.41) is 0. The fourth-order valence-corrected chi connectivity index (χ4v) is 10.0. The molecule has 0 N–H and O–H groups in total. The molecule has 5 nitrogen and oxygen atoms in total. The second-order valence-corrected chi connectivity index (χ2v) is 16.5. The number of fused-ring (bicyclic) bond motifs is 3. The molecule has 2 atom stereocenters. The van der Waals surface area contributed by atoms with Gasteiger partial charge in [-0.15, -0.1) is 11.3 Å². The van der Waals surface area contributed by atoms with E-state index in [1.165, 1.54) is 56.0 Å². The van der Waals surface area contributed by atoms with E-state index in [0.29, 0.717) is 21.2 Å². The number of hydrogen-bond acceptors (Lipinski definition) is 6. The van der Waals surface area contributed by atoms with Crippen molar-refractivity contribution in [1.29, 1.82) is 0 Å². The summed E-state index contributed by atoms with van der Waals surface area (Å²) in [4.78, 5) is 30.9. The van der Waals surface area contributed by atoms with Gasteiger partial charge >= 0.3 is 5.97 Å². The normalized spacial score (nSPS) is 16.4. The third-order valence-electron chi connectivity index (χ3n) is 10.6. The summed E-state index contributed by atoms with van der Waals surface area (Å²) in [5.74, 6) is -0.0114. The minimum atomic E-state index is -0.437. The van der Waals surface area contributed by atoms with Crippen LogP contribution in [0.2, 0.25) is 0 Å². The van der Waals surface area contributed by atoms with E-state index in [4.69, 9.17) is 4.74 Å². The van der Waals surface area contributed by atoms with Gasteiger partial charge in [0.25, 0.3) is 5.56 Å². The quantitative estimate of drug-likeness (QED) is 0.0746. The van der Waals surface area contributed by atoms with Crippen LogP contribution in [0.3, 0.4) is 0 Å². The molecule has 0 spiro atoms. The van der Waals surface area contributed by atoms with E-state index in [9.17, 15) is 9.59 Å². The molecule has 2 aliphatic rings. The Kier molecular flexibility index (Phi) is 11.1. The van der Waals surface area contributed by atoms with Crippen LogP contribution >= 0.6 is 23.1 Å². The van der Waals surface area contributed by atoms with Crippen molar-refractivity contribution >= 4 is 64.2 Å². The first-order chi connectivity index (χ1) is 27.4. The van der Waals surface area contributed by atoms with Crippen LogP contribution in [0.5, 0.6) is 0 Å². The Hall–Kier alpha value is -5.63. The van der Waals surface area contributed by atoms with E-state index in [1.807, 2.05) is 24.3 Å². The topological polar surface area (TPSA) is 51.5 Å². The highest BCUT2D eigenvalue weighted by Crippen LogP contribution is 2.52. The summed E-state index contributed by atoms with van der Waals surface area (Å²) in [7, 11) is 0. The van der Waals surface area contributed by atoms with Gasteiger partial charge in [0, 0.05) is 33.1 Å². The number of rotatable bonds is 11. The molecule has 2 heterocycles. The molecule has 56 heavy (non-hydrogen) atoms. The zero-order valence-corrected chi connectivity index (χ0v) is 33.3. The SMILES string of the molecule is C=C(/C=c1\s/c(=C/c2ccc3c(c2)C2CCCC2N3c2ccc(C=C(c3ccccc3)c3ccccc3)cc2)c(=O)n1CC(=O)OCC)Sc1ccccc1C. The zero-order chi connectivity index (χ0) is 38.6. The van der Waals surface area contributed by atoms with Crippen molar-refractivity contribution in [3.8, 4) is 0 Å². The average Bonchev–Trinajstić information content (AvgIpc) is 3.89. The van der Waals surface area contributed by atoms with Crippen LogP contribution in [-0.4, -0.2) is 23.2 Å². The maximum atomic E-state index is 13.9. The predicted octanol–water partition coefficient (Wildman–Crippen LogP) is 10.1. The fourth-order valence-electron chi connectivity index (χ4n) is 8.03. The summed E-state index contributed by atoms with van der Waals surface area (Å²) < 4.78 is 8.00. The number of anilines is 2. The monoisotopic (exact) mass is 772 g/mol. The van der Waals surface area contributed by atoms with Crippen molar-refractivity contribution in [3.05, 3.63) is 192 Å². The summed E-state index contributed by atoms with van der Waals surface area (Å²) in [6.45, 7) is 8.22. The molecule has 7 heteroatoms. The van der Waals surface area contributed by atoms with Gasteiger partial charge in [-0.3, -0.25) is 14.2 Å². The highest BCUT2D eigenvalue weighted by molar-refractivity contribution is 8.03. The molecule has 0 radical (unpaired) electrons. The van der Waals surface area contributed by atoms with Crippen molar-refractivity contribution in [2.75, 3.05) is 11.5 Å². The highest BCUT2D eigenvalue weighted by Gasteiger charge is 2.42. The third kappa shape index (κ3) is 7.88. The molecule has 0 bridgehead atoms. The maximum absolute atomic E-state index is 13.9. The summed E-state index contributed by atoms with van der Waals surface area (Å²) in [6.07, 6.45) is 9.61. The molecule has 2 unspecified atom stereocenters. The molecule has 0 saturated heterocycles. The number of carbonyl (C=O) groups is 1. The molecular weight excluding hydrogens is 729 g/mol. The number of aryl methyl sites for hydroxylation is 1. The number of thiazole rings is 1. The maximum Gasteiger partial charge on any atom is 0.326 e. The Bertz CT molecular complexity index is 2560. The van der Waals surface area contributed by atoms with Crippen LogP contribution in [0.4, 0.5) is 11.4 Å². The van der Waals surface area contributed by atoms with Gasteiger partial charge in [-0.25, -0.2) is 0 Å². The first-order valence-electron chi connectivity index (χ1n) is 19.2. The number of esters is 1. The minimum Gasteiger partial charge on any atom is -0.465 e. The van der Waals surface area contributed by atoms with Crippen molar-refractivity contribution in [2.24, 2.45) is 0 Å². The lowest BCUT2D eigenvalue weighted by Gasteiger charge is -2.27. The van der Waals surface area contributed by atoms with Gasteiger partial charge in [0.15, 0.2) is 0 Å². The van der Waals surface area contributed by atoms with Gasteiger partial charge in [-0.2, -0.15) is 0 Å². The molecule has 1 aromatic heterocycles. The van der Waals surface area contributed by atoms with E-state index in [2.05, 4.69) is 140 Å². The van der Waals surface area contributed by atoms with Gasteiger partial charge in [0.1, 0.15) is 11.2 Å². The van der Waals surface area contributed by atoms with Crippen LogP contribution in [-0.2, 0) is 16.1 Å². The van der Waals surface area contributed by atoms with E-state index in [0.717, 1.165) is 39.3 Å². The van der Waals surface area contributed by atoms with Gasteiger partial charge in [-0.05, 0) is 114 Å². The Labute approximate surface area is 336 Å². The summed E-state index contributed by atoms with van der Waals surface area (Å²) >= 11 is 2.93. The van der Waals surface area contributed by atoms with Crippen LogP contribution in [0.1, 0.15) is 65.5 Å². The molecule has 6 aromatic rings. The Morgan fingerprint density at radius 1 is 0.875 bits per heavy atom. The Morgan fingerprint density at radius 3 is 2.25 bits per heavy atom. The predicted molar refractivity (Wildman–Crippen MR) is 234 cm³/mol. The van der Waals surface area contributed by atoms with Gasteiger partial charge < -0.3 is 9.64 Å². The molecule has 1 fully saturated rings. The fraction of sp³-hybridized carbons (Fsp3) is 0.184.